The van der Waals surface area contributed by atoms with Crippen molar-refractivity contribution in [1.29, 1.82) is 0 Å². The molecule has 0 spiro atoms. The third-order valence-electron chi connectivity index (χ3n) is 2.20. The summed E-state index contributed by atoms with van der Waals surface area (Å²) in [5, 5.41) is 0. The molecule has 96 valence electrons. The van der Waals surface area contributed by atoms with E-state index in [1.807, 2.05) is 0 Å². The first-order valence-corrected chi connectivity index (χ1v) is 7.37. The van der Waals surface area contributed by atoms with E-state index >= 15 is 0 Å². The number of nitrogens with zero attached hydrogens (tertiary/aromatic N) is 1. The van der Waals surface area contributed by atoms with Crippen LogP contribution in [0.25, 0.3) is 0 Å². The Morgan fingerprint density at radius 2 is 1.65 bits per heavy atom. The third-order valence-corrected chi connectivity index (χ3v) is 4.97. The highest BCUT2D eigenvalue weighted by atomic mass is 32.3. The maximum atomic E-state index is 12.8. The van der Waals surface area contributed by atoms with E-state index in [9.17, 15) is 20.7 Å². The molecule has 0 aliphatic heterocycles. The maximum absolute atomic E-state index is 12.8. The summed E-state index contributed by atoms with van der Waals surface area (Å²) in [6.07, 6.45) is 0. The average molecular weight is 281 g/mol. The van der Waals surface area contributed by atoms with E-state index in [1.165, 1.54) is 27.1 Å². The number of sulfonamides is 1. The number of aryl methyl sites for hydroxylation is 1. The number of halogens is 1. The largest absolute Gasteiger partial charge is 0.332 e. The Kier molecular flexibility index (Phi) is 3.60. The van der Waals surface area contributed by atoms with Gasteiger partial charge in [0.2, 0.25) is 10.0 Å². The average Bonchev–Trinajstić information content (AvgIpc) is 2.15. The SMILES string of the molecule is Cc1ccc(S(=O)(=O)F)cc1S(=O)(=O)N(C)C. The molecule has 0 aliphatic rings. The molecule has 1 rings (SSSR count). The monoisotopic (exact) mass is 281 g/mol. The topological polar surface area (TPSA) is 71.5 Å². The summed E-state index contributed by atoms with van der Waals surface area (Å²) < 4.78 is 58.8. The fourth-order valence-electron chi connectivity index (χ4n) is 1.21. The van der Waals surface area contributed by atoms with Crippen LogP contribution in [-0.2, 0) is 20.2 Å². The first-order chi connectivity index (χ1) is 7.56. The van der Waals surface area contributed by atoms with Crippen molar-refractivity contribution in [3.8, 4) is 0 Å². The molecule has 0 atom stereocenters. The van der Waals surface area contributed by atoms with Gasteiger partial charge < -0.3 is 0 Å². The Morgan fingerprint density at radius 1 is 1.12 bits per heavy atom. The molecule has 0 fully saturated rings. The zero-order valence-corrected chi connectivity index (χ0v) is 11.1. The second-order valence-corrected chi connectivity index (χ2v) is 7.12. The van der Waals surface area contributed by atoms with Crippen LogP contribution in [0.2, 0.25) is 0 Å². The third kappa shape index (κ3) is 2.82. The molecule has 0 saturated carbocycles. The Balaban J connectivity index is 3.57. The van der Waals surface area contributed by atoms with E-state index in [4.69, 9.17) is 0 Å². The molecule has 1 aromatic carbocycles. The molecule has 0 unspecified atom stereocenters. The number of hydrogen-bond donors (Lipinski definition) is 0. The standard InChI is InChI=1S/C9H12FNO4S2/c1-7-4-5-8(16(10,12)13)6-9(7)17(14,15)11(2)3/h4-6H,1-3H3. The van der Waals surface area contributed by atoms with Crippen LogP contribution >= 0.6 is 0 Å². The van der Waals surface area contributed by atoms with Gasteiger partial charge in [-0.3, -0.25) is 0 Å². The molecule has 0 aliphatic carbocycles. The highest BCUT2D eigenvalue weighted by Gasteiger charge is 2.23. The zero-order chi connectivity index (χ0) is 13.4. The van der Waals surface area contributed by atoms with Crippen LogP contribution in [0.4, 0.5) is 3.89 Å². The van der Waals surface area contributed by atoms with Gasteiger partial charge in [-0.05, 0) is 24.6 Å². The lowest BCUT2D eigenvalue weighted by Gasteiger charge is -2.13. The zero-order valence-electron chi connectivity index (χ0n) is 9.51. The van der Waals surface area contributed by atoms with Crippen molar-refractivity contribution in [2.24, 2.45) is 0 Å². The van der Waals surface area contributed by atoms with Crippen LogP contribution in [0.5, 0.6) is 0 Å². The minimum atomic E-state index is -4.91. The van der Waals surface area contributed by atoms with Gasteiger partial charge in [-0.1, -0.05) is 6.07 Å². The Labute approximate surface area is 100 Å². The van der Waals surface area contributed by atoms with Crippen LogP contribution in [0.1, 0.15) is 5.56 Å². The second-order valence-electron chi connectivity index (χ2n) is 3.65. The summed E-state index contributed by atoms with van der Waals surface area (Å²) >= 11 is 0. The Morgan fingerprint density at radius 3 is 2.06 bits per heavy atom. The highest BCUT2D eigenvalue weighted by Crippen LogP contribution is 2.23. The van der Waals surface area contributed by atoms with E-state index in [1.54, 1.807) is 0 Å². The lowest BCUT2D eigenvalue weighted by atomic mass is 10.2. The van der Waals surface area contributed by atoms with Crippen molar-refractivity contribution in [1.82, 2.24) is 4.31 Å². The quantitative estimate of drug-likeness (QED) is 0.772. The first-order valence-electron chi connectivity index (χ1n) is 4.54. The van der Waals surface area contributed by atoms with E-state index in [-0.39, 0.29) is 4.90 Å². The molecule has 0 N–H and O–H groups in total. The van der Waals surface area contributed by atoms with Crippen molar-refractivity contribution < 1.29 is 20.7 Å². The number of benzene rings is 1. The van der Waals surface area contributed by atoms with Gasteiger partial charge in [0.15, 0.2) is 0 Å². The van der Waals surface area contributed by atoms with Gasteiger partial charge in [0, 0.05) is 14.1 Å². The first kappa shape index (κ1) is 14.1. The van der Waals surface area contributed by atoms with Crippen LogP contribution in [-0.4, -0.2) is 35.2 Å². The molecule has 0 bridgehead atoms. The summed E-state index contributed by atoms with van der Waals surface area (Å²) in [6, 6.07) is 3.10. The highest BCUT2D eigenvalue weighted by molar-refractivity contribution is 7.89. The van der Waals surface area contributed by atoms with Crippen molar-refractivity contribution in [3.05, 3.63) is 23.8 Å². The van der Waals surface area contributed by atoms with Gasteiger partial charge in [0.1, 0.15) is 0 Å². The molecular weight excluding hydrogens is 269 g/mol. The molecule has 0 saturated heterocycles. The van der Waals surface area contributed by atoms with Crippen molar-refractivity contribution in [2.75, 3.05) is 14.1 Å². The van der Waals surface area contributed by atoms with E-state index in [2.05, 4.69) is 0 Å². The normalized spacial score (nSPS) is 13.0. The van der Waals surface area contributed by atoms with Crippen LogP contribution in [0.15, 0.2) is 28.0 Å². The van der Waals surface area contributed by atoms with Crippen LogP contribution in [0.3, 0.4) is 0 Å². The lowest BCUT2D eigenvalue weighted by Crippen LogP contribution is -2.23. The molecular formula is C9H12FNO4S2. The van der Waals surface area contributed by atoms with Gasteiger partial charge in [-0.2, -0.15) is 8.42 Å². The van der Waals surface area contributed by atoms with Gasteiger partial charge in [0.05, 0.1) is 9.79 Å². The van der Waals surface area contributed by atoms with Gasteiger partial charge in [-0.15, -0.1) is 3.89 Å². The summed E-state index contributed by atoms with van der Waals surface area (Å²) in [5.41, 5.74) is 0.353. The molecule has 0 heterocycles. The maximum Gasteiger partial charge on any atom is 0.332 e. The van der Waals surface area contributed by atoms with Crippen molar-refractivity contribution >= 4 is 20.2 Å². The predicted octanol–water partition coefficient (Wildman–Crippen LogP) is 0.904. The molecule has 0 amide bonds. The summed E-state index contributed by atoms with van der Waals surface area (Å²) in [7, 11) is -6.08. The van der Waals surface area contributed by atoms with Crippen LogP contribution in [0, 0.1) is 6.92 Å². The van der Waals surface area contributed by atoms with Gasteiger partial charge >= 0.3 is 10.2 Å². The summed E-state index contributed by atoms with van der Waals surface area (Å²) in [6.45, 7) is 1.50. The minimum Gasteiger partial charge on any atom is -0.207 e. The predicted molar refractivity (Wildman–Crippen MR) is 60.3 cm³/mol. The molecule has 0 aromatic heterocycles. The minimum absolute atomic E-state index is 0.221. The van der Waals surface area contributed by atoms with Crippen LogP contribution < -0.4 is 0 Å². The van der Waals surface area contributed by atoms with E-state index in [0.29, 0.717) is 5.56 Å². The summed E-state index contributed by atoms with van der Waals surface area (Å²) in [5.74, 6) is 0. The molecule has 17 heavy (non-hydrogen) atoms. The van der Waals surface area contributed by atoms with Gasteiger partial charge in [-0.25, -0.2) is 12.7 Å². The van der Waals surface area contributed by atoms with Gasteiger partial charge in [0.25, 0.3) is 0 Å². The number of rotatable bonds is 3. The smallest absolute Gasteiger partial charge is 0.207 e. The Hall–Kier alpha value is -0.990. The van der Waals surface area contributed by atoms with E-state index < -0.39 is 25.1 Å². The molecule has 5 nitrogen and oxygen atoms in total. The number of hydrogen-bond acceptors (Lipinski definition) is 4. The molecule has 1 aromatic rings. The van der Waals surface area contributed by atoms with Crippen molar-refractivity contribution in [3.63, 3.8) is 0 Å². The Bertz CT molecular complexity index is 635. The molecule has 0 radical (unpaired) electrons. The van der Waals surface area contributed by atoms with E-state index in [0.717, 1.165) is 16.4 Å². The van der Waals surface area contributed by atoms with Crippen molar-refractivity contribution in [2.45, 2.75) is 16.7 Å². The fourth-order valence-corrected chi connectivity index (χ4v) is 2.91. The molecule has 8 heteroatoms. The summed E-state index contributed by atoms with van der Waals surface area (Å²) in [4.78, 5) is -0.884. The fraction of sp³-hybridized carbons (Fsp3) is 0.333. The second kappa shape index (κ2) is 4.35. The lowest BCUT2D eigenvalue weighted by molar-refractivity contribution is 0.519.